The van der Waals surface area contributed by atoms with Gasteiger partial charge in [-0.3, -0.25) is 9.59 Å². The lowest BCUT2D eigenvalue weighted by molar-refractivity contribution is -0.146. The van der Waals surface area contributed by atoms with Crippen LogP contribution in [0.1, 0.15) is 51.7 Å². The summed E-state index contributed by atoms with van der Waals surface area (Å²) in [4.78, 5) is 57.9. The number of fused-ring (bicyclic) bond motifs is 1. The molecule has 0 radical (unpaired) electrons. The first-order valence-corrected chi connectivity index (χ1v) is 15.9. The van der Waals surface area contributed by atoms with Crippen molar-refractivity contribution in [2.24, 2.45) is 11.8 Å². The van der Waals surface area contributed by atoms with Gasteiger partial charge in [-0.15, -0.1) is 0 Å². The summed E-state index contributed by atoms with van der Waals surface area (Å²) in [6.45, 7) is 8.64. The minimum Gasteiger partial charge on any atom is -0.480 e. The number of rotatable bonds is 16. The number of piperazine rings is 1. The number of carbonyl (C=O) groups excluding carboxylic acids is 3. The van der Waals surface area contributed by atoms with Gasteiger partial charge in [-0.1, -0.05) is 76.2 Å². The first-order chi connectivity index (χ1) is 21.5. The number of H-pyrrole nitrogens is 1. The van der Waals surface area contributed by atoms with E-state index in [0.29, 0.717) is 32.4 Å². The lowest BCUT2D eigenvalue weighted by Gasteiger charge is -2.45. The summed E-state index contributed by atoms with van der Waals surface area (Å²) in [7, 11) is 0. The SMILES string of the molecule is CC(C)CC(NC(=O)C(CC(C)C)NCC(C=O)(Cc1c[nH]c2ccccc12)N1CCNC(Cc2ccccc2)C1=O)C(=O)O. The fourth-order valence-corrected chi connectivity index (χ4v) is 6.22. The lowest BCUT2D eigenvalue weighted by atomic mass is 9.87. The quantitative estimate of drug-likeness (QED) is 0.155. The minimum absolute atomic E-state index is 0.0204. The molecule has 0 saturated carbocycles. The number of nitrogens with zero attached hydrogens (tertiary/aromatic N) is 1. The van der Waals surface area contributed by atoms with Crippen molar-refractivity contribution in [2.75, 3.05) is 19.6 Å². The number of aromatic amines is 1. The Bertz CT molecular complexity index is 1450. The zero-order chi connectivity index (χ0) is 32.6. The van der Waals surface area contributed by atoms with Gasteiger partial charge in [0.15, 0.2) is 0 Å². The normalized spacial score (nSPS) is 18.1. The number of hydrogen-bond donors (Lipinski definition) is 5. The van der Waals surface area contributed by atoms with Crippen LogP contribution in [0.2, 0.25) is 0 Å². The summed E-state index contributed by atoms with van der Waals surface area (Å²) in [5, 5.41) is 20.1. The molecule has 4 rings (SSSR count). The van der Waals surface area contributed by atoms with Crippen molar-refractivity contribution in [3.8, 4) is 0 Å². The first kappa shape index (κ1) is 33.9. The van der Waals surface area contributed by atoms with E-state index in [4.69, 9.17) is 0 Å². The molecule has 1 aromatic heterocycles. The first-order valence-electron chi connectivity index (χ1n) is 15.9. The largest absolute Gasteiger partial charge is 0.480 e. The number of carboxylic acids is 1. The molecular weight excluding hydrogens is 570 g/mol. The van der Waals surface area contributed by atoms with Crippen LogP contribution in [0.5, 0.6) is 0 Å². The third kappa shape index (κ3) is 8.58. The number of para-hydroxylation sites is 1. The Labute approximate surface area is 265 Å². The smallest absolute Gasteiger partial charge is 0.326 e. The summed E-state index contributed by atoms with van der Waals surface area (Å²) >= 11 is 0. The Kier molecular flexibility index (Phi) is 11.5. The molecule has 0 aliphatic carbocycles. The van der Waals surface area contributed by atoms with E-state index < -0.39 is 35.5 Å². The molecule has 4 atom stereocenters. The molecule has 1 aliphatic rings. The molecule has 3 aromatic rings. The topological polar surface area (TPSA) is 144 Å². The van der Waals surface area contributed by atoms with E-state index in [0.717, 1.165) is 28.3 Å². The van der Waals surface area contributed by atoms with Gasteiger partial charge in [-0.25, -0.2) is 4.79 Å². The molecule has 5 N–H and O–H groups in total. The highest BCUT2D eigenvalue weighted by Crippen LogP contribution is 2.28. The third-order valence-electron chi connectivity index (χ3n) is 8.50. The van der Waals surface area contributed by atoms with Crippen molar-refractivity contribution in [2.45, 2.75) is 77.0 Å². The van der Waals surface area contributed by atoms with Gasteiger partial charge in [0.25, 0.3) is 0 Å². The van der Waals surface area contributed by atoms with Crippen molar-refractivity contribution in [1.29, 1.82) is 0 Å². The van der Waals surface area contributed by atoms with Gasteiger partial charge in [0.05, 0.1) is 12.1 Å². The maximum absolute atomic E-state index is 14.1. The van der Waals surface area contributed by atoms with Crippen LogP contribution in [0.3, 0.4) is 0 Å². The Balaban J connectivity index is 1.65. The fourth-order valence-electron chi connectivity index (χ4n) is 6.22. The van der Waals surface area contributed by atoms with Gasteiger partial charge in [-0.2, -0.15) is 0 Å². The molecule has 0 bridgehead atoms. The van der Waals surface area contributed by atoms with Gasteiger partial charge in [-0.05, 0) is 48.3 Å². The molecule has 1 saturated heterocycles. The Hall–Kier alpha value is -4.02. The maximum atomic E-state index is 14.1. The van der Waals surface area contributed by atoms with Gasteiger partial charge >= 0.3 is 5.97 Å². The Morgan fingerprint density at radius 2 is 1.69 bits per heavy atom. The second-order valence-corrected chi connectivity index (χ2v) is 13.0. The number of hydrogen-bond acceptors (Lipinski definition) is 6. The molecular formula is C35H47N5O5. The van der Waals surface area contributed by atoms with Crippen LogP contribution in [0.4, 0.5) is 0 Å². The number of benzene rings is 2. The van der Waals surface area contributed by atoms with Crippen molar-refractivity contribution >= 4 is 35.0 Å². The predicted octanol–water partition coefficient (Wildman–Crippen LogP) is 3.31. The number of aldehydes is 1. The summed E-state index contributed by atoms with van der Waals surface area (Å²) < 4.78 is 0. The van der Waals surface area contributed by atoms with E-state index in [2.05, 4.69) is 20.9 Å². The second-order valence-electron chi connectivity index (χ2n) is 13.0. The van der Waals surface area contributed by atoms with Crippen LogP contribution in [0.25, 0.3) is 10.9 Å². The molecule has 242 valence electrons. The van der Waals surface area contributed by atoms with E-state index in [1.165, 1.54) is 0 Å². The Morgan fingerprint density at radius 1 is 1.02 bits per heavy atom. The standard InChI is InChI=1S/C35H47N5O5/c1-23(2)16-29(32(42)39-31(34(44)45)17-24(3)4)38-21-35(22-41,19-26-20-37-28-13-9-8-12-27(26)28)40-15-14-36-30(33(40)43)18-25-10-6-5-7-11-25/h5-13,20,22-24,29-31,36-38H,14-19,21H2,1-4H3,(H,39,42)(H,44,45). The molecule has 4 unspecified atom stereocenters. The summed E-state index contributed by atoms with van der Waals surface area (Å²) in [6, 6.07) is 15.3. The maximum Gasteiger partial charge on any atom is 0.326 e. The minimum atomic E-state index is -1.31. The van der Waals surface area contributed by atoms with Crippen LogP contribution in [0, 0.1) is 11.8 Å². The average Bonchev–Trinajstić information content (AvgIpc) is 3.41. The van der Waals surface area contributed by atoms with Crippen LogP contribution < -0.4 is 16.0 Å². The summed E-state index contributed by atoms with van der Waals surface area (Å²) in [6.07, 6.45) is 4.15. The van der Waals surface area contributed by atoms with E-state index in [9.17, 15) is 24.3 Å². The highest BCUT2D eigenvalue weighted by Gasteiger charge is 2.45. The molecule has 1 fully saturated rings. The van der Waals surface area contributed by atoms with Crippen molar-refractivity contribution in [3.05, 3.63) is 71.9 Å². The summed E-state index contributed by atoms with van der Waals surface area (Å²) in [5.74, 6) is -1.51. The fraction of sp³-hybridized carbons (Fsp3) is 0.486. The zero-order valence-corrected chi connectivity index (χ0v) is 26.7. The number of nitrogens with one attached hydrogen (secondary N) is 4. The van der Waals surface area contributed by atoms with Crippen molar-refractivity contribution in [3.63, 3.8) is 0 Å². The molecule has 1 aliphatic heterocycles. The van der Waals surface area contributed by atoms with E-state index in [1.54, 1.807) is 4.90 Å². The lowest BCUT2D eigenvalue weighted by Crippen LogP contribution is -2.68. The molecule has 2 aromatic carbocycles. The number of aromatic nitrogens is 1. The average molecular weight is 618 g/mol. The van der Waals surface area contributed by atoms with Crippen molar-refractivity contribution < 1.29 is 24.3 Å². The highest BCUT2D eigenvalue weighted by molar-refractivity contribution is 5.89. The molecule has 10 nitrogen and oxygen atoms in total. The second kappa shape index (κ2) is 15.3. The molecule has 2 amide bonds. The zero-order valence-electron chi connectivity index (χ0n) is 26.7. The van der Waals surface area contributed by atoms with E-state index >= 15 is 0 Å². The number of aliphatic carboxylic acids is 1. The predicted molar refractivity (Wildman–Crippen MR) is 175 cm³/mol. The third-order valence-corrected chi connectivity index (χ3v) is 8.50. The van der Waals surface area contributed by atoms with Crippen LogP contribution in [-0.4, -0.2) is 82.4 Å². The summed E-state index contributed by atoms with van der Waals surface area (Å²) in [5.41, 5.74) is 1.52. The number of carbonyl (C=O) groups is 4. The van der Waals surface area contributed by atoms with Gasteiger partial charge in [0.1, 0.15) is 17.9 Å². The van der Waals surface area contributed by atoms with Crippen LogP contribution in [0.15, 0.2) is 60.8 Å². The molecule has 0 spiro atoms. The van der Waals surface area contributed by atoms with E-state index in [1.807, 2.05) is 88.5 Å². The number of carboxylic acid groups (broad SMARTS) is 1. The van der Waals surface area contributed by atoms with Gasteiger partial charge in [0.2, 0.25) is 11.8 Å². The van der Waals surface area contributed by atoms with Crippen LogP contribution in [-0.2, 0) is 32.0 Å². The monoisotopic (exact) mass is 617 g/mol. The molecule has 10 heteroatoms. The Morgan fingerprint density at radius 3 is 2.36 bits per heavy atom. The van der Waals surface area contributed by atoms with Crippen LogP contribution >= 0.6 is 0 Å². The highest BCUT2D eigenvalue weighted by atomic mass is 16.4. The van der Waals surface area contributed by atoms with Gasteiger partial charge < -0.3 is 35.7 Å². The van der Waals surface area contributed by atoms with Gasteiger partial charge in [0, 0.05) is 43.2 Å². The molecule has 45 heavy (non-hydrogen) atoms. The molecule has 2 heterocycles. The van der Waals surface area contributed by atoms with E-state index in [-0.39, 0.29) is 30.7 Å². The van der Waals surface area contributed by atoms with Crippen molar-refractivity contribution in [1.82, 2.24) is 25.8 Å². The number of amides is 2.